The van der Waals surface area contributed by atoms with Crippen LogP contribution in [0.3, 0.4) is 0 Å². The third-order valence-corrected chi connectivity index (χ3v) is 6.53. The number of hydrogen-bond donors (Lipinski definition) is 6. The molecule has 0 spiro atoms. The van der Waals surface area contributed by atoms with Crippen LogP contribution in [0.5, 0.6) is 0 Å². The first-order valence-electron chi connectivity index (χ1n) is 12.6. The second-order valence-electron chi connectivity index (χ2n) is 9.34. The monoisotopic (exact) mass is 540 g/mol. The van der Waals surface area contributed by atoms with E-state index in [1.165, 1.54) is 6.20 Å². The highest BCUT2D eigenvalue weighted by Crippen LogP contribution is 2.28. The van der Waals surface area contributed by atoms with Gasteiger partial charge < -0.3 is 36.0 Å². The van der Waals surface area contributed by atoms with Crippen molar-refractivity contribution < 1.29 is 14.7 Å². The minimum absolute atomic E-state index is 0.157. The third kappa shape index (κ3) is 5.47. The number of aliphatic hydroxyl groups is 1. The van der Waals surface area contributed by atoms with Crippen LogP contribution in [-0.4, -0.2) is 60.1 Å². The van der Waals surface area contributed by atoms with E-state index >= 15 is 0 Å². The number of aliphatic hydroxyl groups excluding tert-OH is 1. The molecule has 0 aliphatic rings. The molecule has 2 atom stereocenters. The number of aryl methyl sites for hydroxylation is 1. The summed E-state index contributed by atoms with van der Waals surface area (Å²) in [7, 11) is 0. The Morgan fingerprint density at radius 1 is 1.15 bits per heavy atom. The summed E-state index contributed by atoms with van der Waals surface area (Å²) in [5.74, 6) is -1.08. The molecule has 3 heterocycles. The van der Waals surface area contributed by atoms with Crippen molar-refractivity contribution in [3.05, 3.63) is 94.9 Å². The van der Waals surface area contributed by atoms with Crippen LogP contribution in [0.1, 0.15) is 11.1 Å². The van der Waals surface area contributed by atoms with Crippen LogP contribution in [0, 0.1) is 6.92 Å². The van der Waals surface area contributed by atoms with Gasteiger partial charge in [-0.1, -0.05) is 30.3 Å². The van der Waals surface area contributed by atoms with Crippen LogP contribution in [0.4, 0.5) is 5.69 Å². The summed E-state index contributed by atoms with van der Waals surface area (Å²) < 4.78 is 1.86. The van der Waals surface area contributed by atoms with Crippen LogP contribution in [-0.2, 0) is 16.0 Å². The predicted octanol–water partition coefficient (Wildman–Crippen LogP) is 1.40. The van der Waals surface area contributed by atoms with Gasteiger partial charge in [-0.25, -0.2) is 9.97 Å². The highest BCUT2D eigenvalue weighted by atomic mass is 16.3. The molecule has 0 aliphatic heterocycles. The first kappa shape index (κ1) is 26.4. The number of rotatable bonds is 10. The van der Waals surface area contributed by atoms with E-state index in [0.717, 1.165) is 16.8 Å². The van der Waals surface area contributed by atoms with E-state index in [-0.39, 0.29) is 23.5 Å². The van der Waals surface area contributed by atoms with E-state index in [0.29, 0.717) is 11.0 Å². The second kappa shape index (κ2) is 11.3. The number of H-pyrrole nitrogens is 2. The molecular formula is C28H28N8O4. The summed E-state index contributed by atoms with van der Waals surface area (Å²) in [5.41, 5.74) is 9.46. The Morgan fingerprint density at radius 3 is 2.65 bits per heavy atom. The van der Waals surface area contributed by atoms with Crippen LogP contribution >= 0.6 is 0 Å². The van der Waals surface area contributed by atoms with Gasteiger partial charge >= 0.3 is 0 Å². The number of anilines is 1. The topological polar surface area (TPSA) is 184 Å². The quantitative estimate of drug-likeness (QED) is 0.155. The van der Waals surface area contributed by atoms with Gasteiger partial charge in [-0.15, -0.1) is 0 Å². The third-order valence-electron chi connectivity index (χ3n) is 6.53. The molecule has 0 radical (unpaired) electrons. The maximum Gasteiger partial charge on any atom is 0.261 e. The number of carbonyl (C=O) groups is 2. The number of amides is 2. The van der Waals surface area contributed by atoms with Crippen molar-refractivity contribution in [2.24, 2.45) is 5.73 Å². The van der Waals surface area contributed by atoms with Gasteiger partial charge in [-0.2, -0.15) is 0 Å². The minimum atomic E-state index is -1.18. The van der Waals surface area contributed by atoms with Gasteiger partial charge in [0.15, 0.2) is 0 Å². The average molecular weight is 541 g/mol. The van der Waals surface area contributed by atoms with Crippen LogP contribution in [0.15, 0.2) is 78.2 Å². The average Bonchev–Trinajstić information content (AvgIpc) is 3.62. The Morgan fingerprint density at radius 2 is 1.95 bits per heavy atom. The zero-order valence-corrected chi connectivity index (χ0v) is 21.6. The lowest BCUT2D eigenvalue weighted by molar-refractivity contribution is -0.128. The van der Waals surface area contributed by atoms with Gasteiger partial charge in [0.05, 0.1) is 29.7 Å². The number of nitrogens with zero attached hydrogens (tertiary/aromatic N) is 3. The molecule has 5 aromatic rings. The summed E-state index contributed by atoms with van der Waals surface area (Å²) in [4.78, 5) is 52.7. The number of pyridine rings is 1. The van der Waals surface area contributed by atoms with E-state index in [4.69, 9.17) is 5.73 Å². The van der Waals surface area contributed by atoms with E-state index in [9.17, 15) is 19.5 Å². The van der Waals surface area contributed by atoms with Crippen molar-refractivity contribution >= 4 is 28.5 Å². The first-order valence-corrected chi connectivity index (χ1v) is 12.6. The molecule has 0 aliphatic carbocycles. The molecule has 0 fully saturated rings. The molecular weight excluding hydrogens is 512 g/mol. The fourth-order valence-corrected chi connectivity index (χ4v) is 4.51. The summed E-state index contributed by atoms with van der Waals surface area (Å²) in [6, 6.07) is 12.4. The second-order valence-corrected chi connectivity index (χ2v) is 9.34. The van der Waals surface area contributed by atoms with Crippen LogP contribution in [0.2, 0.25) is 0 Å². The number of aromatic amines is 2. The van der Waals surface area contributed by atoms with Crippen molar-refractivity contribution in [2.45, 2.75) is 25.4 Å². The fraction of sp³-hybridized carbons (Fsp3) is 0.179. The standard InChI is InChI=1S/C28H28N8O4/c1-16-11-18(36-10-9-30-15-36)13-20-24(16)35-26(33-20)23-19(7-8-31-28(23)40)32-22(14-37)27(39)34-21(25(29)38)12-17-5-3-2-4-6-17/h2-11,13,15,21-22,37H,12,14H2,1H3,(H2,29,38)(H,33,35)(H,34,39)(H2,31,32,40)/t21?,22-/m0/s1. The maximum absolute atomic E-state index is 13.1. The van der Waals surface area contributed by atoms with Crippen molar-refractivity contribution in [2.75, 3.05) is 11.9 Å². The lowest BCUT2D eigenvalue weighted by Crippen LogP contribution is -2.52. The molecule has 5 rings (SSSR count). The van der Waals surface area contributed by atoms with E-state index in [1.807, 2.05) is 60.2 Å². The number of nitrogens with one attached hydrogen (secondary N) is 4. The SMILES string of the molecule is Cc1cc(-n2ccnc2)cc2[nH]c(-c3c(N[C@@H](CO)C(=O)NC(Cc4ccccc4)C(N)=O)cc[nH]c3=O)nc12. The molecule has 0 bridgehead atoms. The number of primary amides is 1. The number of nitrogens with two attached hydrogens (primary N) is 1. The van der Waals surface area contributed by atoms with E-state index in [1.54, 1.807) is 18.6 Å². The summed E-state index contributed by atoms with van der Waals surface area (Å²) in [5, 5.41) is 15.6. The Bertz CT molecular complexity index is 1710. The summed E-state index contributed by atoms with van der Waals surface area (Å²) in [6.07, 6.45) is 6.80. The highest BCUT2D eigenvalue weighted by molar-refractivity contribution is 5.92. The Labute approximate surface area is 228 Å². The molecule has 0 saturated carbocycles. The number of carbonyl (C=O) groups excluding carboxylic acids is 2. The zero-order chi connectivity index (χ0) is 28.2. The number of benzene rings is 2. The zero-order valence-electron chi connectivity index (χ0n) is 21.6. The molecule has 1 unspecified atom stereocenters. The maximum atomic E-state index is 13.1. The summed E-state index contributed by atoms with van der Waals surface area (Å²) >= 11 is 0. The number of aromatic nitrogens is 5. The normalized spacial score (nSPS) is 12.7. The summed E-state index contributed by atoms with van der Waals surface area (Å²) in [6.45, 7) is 1.31. The molecule has 204 valence electrons. The Kier molecular flexibility index (Phi) is 7.42. The number of fused-ring (bicyclic) bond motifs is 1. The lowest BCUT2D eigenvalue weighted by Gasteiger charge is -2.22. The number of imidazole rings is 2. The van der Waals surface area contributed by atoms with Gasteiger partial charge in [0.1, 0.15) is 23.5 Å². The number of hydrogen-bond acceptors (Lipinski definition) is 7. The van der Waals surface area contributed by atoms with Gasteiger partial charge in [0, 0.05) is 30.7 Å². The Balaban J connectivity index is 1.42. The minimum Gasteiger partial charge on any atom is -0.394 e. The van der Waals surface area contributed by atoms with Gasteiger partial charge in [0.25, 0.3) is 5.56 Å². The van der Waals surface area contributed by atoms with Crippen molar-refractivity contribution in [1.29, 1.82) is 0 Å². The predicted molar refractivity (Wildman–Crippen MR) is 150 cm³/mol. The highest BCUT2D eigenvalue weighted by Gasteiger charge is 2.26. The van der Waals surface area contributed by atoms with Crippen molar-refractivity contribution in [1.82, 2.24) is 29.8 Å². The smallest absolute Gasteiger partial charge is 0.261 e. The molecule has 2 aromatic carbocycles. The Hall–Kier alpha value is -5.23. The van der Waals surface area contributed by atoms with E-state index in [2.05, 4.69) is 30.6 Å². The molecule has 2 amide bonds. The first-order chi connectivity index (χ1) is 19.3. The van der Waals surface area contributed by atoms with Gasteiger partial charge in [-0.3, -0.25) is 14.4 Å². The van der Waals surface area contributed by atoms with E-state index < -0.39 is 36.1 Å². The molecule has 12 heteroatoms. The lowest BCUT2D eigenvalue weighted by atomic mass is 10.0. The fourth-order valence-electron chi connectivity index (χ4n) is 4.51. The van der Waals surface area contributed by atoms with Crippen molar-refractivity contribution in [3.8, 4) is 17.1 Å². The van der Waals surface area contributed by atoms with Crippen molar-refractivity contribution in [3.63, 3.8) is 0 Å². The van der Waals surface area contributed by atoms with Gasteiger partial charge in [0.2, 0.25) is 11.8 Å². The molecule has 40 heavy (non-hydrogen) atoms. The van der Waals surface area contributed by atoms with Crippen LogP contribution < -0.4 is 21.9 Å². The molecule has 12 nitrogen and oxygen atoms in total. The van der Waals surface area contributed by atoms with Gasteiger partial charge in [-0.05, 0) is 36.2 Å². The molecule has 7 N–H and O–H groups in total. The van der Waals surface area contributed by atoms with Crippen LogP contribution in [0.25, 0.3) is 28.1 Å². The molecule has 0 saturated heterocycles. The molecule has 3 aromatic heterocycles. The largest absolute Gasteiger partial charge is 0.394 e.